The first-order chi connectivity index (χ1) is 6.99. The normalized spacial score (nSPS) is 10.5. The summed E-state index contributed by atoms with van der Waals surface area (Å²) in [6, 6.07) is 0. The van der Waals surface area contributed by atoms with Gasteiger partial charge in [-0.2, -0.15) is 0 Å². The molecule has 0 bridgehead atoms. The lowest BCUT2D eigenvalue weighted by Gasteiger charge is -2.09. The maximum absolute atomic E-state index is 12.7. The van der Waals surface area contributed by atoms with Gasteiger partial charge in [-0.05, 0) is 22.6 Å². The highest BCUT2D eigenvalue weighted by Crippen LogP contribution is 2.31. The summed E-state index contributed by atoms with van der Waals surface area (Å²) in [6.45, 7) is 0. The summed E-state index contributed by atoms with van der Waals surface area (Å²) in [4.78, 5) is 14.7. The van der Waals surface area contributed by atoms with E-state index in [9.17, 15) is 13.6 Å². The van der Waals surface area contributed by atoms with E-state index in [4.69, 9.17) is 11.6 Å². The largest absolute Gasteiger partial charge is 0.464 e. The predicted octanol–water partition coefficient (Wildman–Crippen LogP) is 3.06. The van der Waals surface area contributed by atoms with E-state index in [1.807, 2.05) is 0 Å². The van der Waals surface area contributed by atoms with Crippen LogP contribution >= 0.6 is 34.2 Å². The molecule has 0 aromatic carbocycles. The SMILES string of the molecule is COC(=O)c1ncc(Cl)c(I)c1C(F)F. The highest BCUT2D eigenvalue weighted by Gasteiger charge is 2.25. The zero-order valence-corrected chi connectivity index (χ0v) is 10.3. The van der Waals surface area contributed by atoms with Crippen LogP contribution in [0.5, 0.6) is 0 Å². The number of hydrogen-bond acceptors (Lipinski definition) is 3. The minimum absolute atomic E-state index is 0.0820. The van der Waals surface area contributed by atoms with E-state index in [-0.39, 0.29) is 8.59 Å². The lowest BCUT2D eigenvalue weighted by atomic mass is 10.2. The first-order valence-electron chi connectivity index (χ1n) is 3.69. The number of nitrogens with zero attached hydrogens (tertiary/aromatic N) is 1. The van der Waals surface area contributed by atoms with Crippen molar-refractivity contribution in [3.63, 3.8) is 0 Å². The summed E-state index contributed by atoms with van der Waals surface area (Å²) in [5.41, 5.74) is -0.892. The number of alkyl halides is 2. The number of carbonyl (C=O) groups excluding carboxylic acids is 1. The molecule has 3 nitrogen and oxygen atoms in total. The molecule has 0 N–H and O–H groups in total. The van der Waals surface area contributed by atoms with Crippen LogP contribution in [0.2, 0.25) is 5.02 Å². The van der Waals surface area contributed by atoms with Crippen LogP contribution in [-0.2, 0) is 4.74 Å². The Kier molecular flexibility index (Phi) is 4.21. The Hall–Kier alpha value is -0.500. The molecular weight excluding hydrogens is 342 g/mol. The maximum atomic E-state index is 12.7. The van der Waals surface area contributed by atoms with Crippen LogP contribution in [0.3, 0.4) is 0 Å². The smallest absolute Gasteiger partial charge is 0.357 e. The Morgan fingerprint density at radius 1 is 1.67 bits per heavy atom. The van der Waals surface area contributed by atoms with Crippen LogP contribution in [0, 0.1) is 3.57 Å². The summed E-state index contributed by atoms with van der Waals surface area (Å²) in [5, 5.41) is 0.0820. The highest BCUT2D eigenvalue weighted by molar-refractivity contribution is 14.1. The fourth-order valence-electron chi connectivity index (χ4n) is 0.939. The fourth-order valence-corrected chi connectivity index (χ4v) is 1.72. The van der Waals surface area contributed by atoms with Gasteiger partial charge in [0.1, 0.15) is 0 Å². The van der Waals surface area contributed by atoms with Gasteiger partial charge >= 0.3 is 5.97 Å². The van der Waals surface area contributed by atoms with Crippen molar-refractivity contribution in [3.8, 4) is 0 Å². The van der Waals surface area contributed by atoms with E-state index in [1.165, 1.54) is 0 Å². The molecule has 0 aliphatic rings. The molecule has 15 heavy (non-hydrogen) atoms. The van der Waals surface area contributed by atoms with Gasteiger partial charge in [0, 0.05) is 9.77 Å². The molecule has 0 fully saturated rings. The molecule has 82 valence electrons. The summed E-state index contributed by atoms with van der Waals surface area (Å²) < 4.78 is 29.8. The lowest BCUT2D eigenvalue weighted by Crippen LogP contribution is -2.10. The van der Waals surface area contributed by atoms with Crippen molar-refractivity contribution in [3.05, 3.63) is 26.0 Å². The summed E-state index contributed by atoms with van der Waals surface area (Å²) in [7, 11) is 1.10. The molecule has 0 amide bonds. The van der Waals surface area contributed by atoms with Crippen molar-refractivity contribution < 1.29 is 18.3 Å². The Morgan fingerprint density at radius 2 is 2.27 bits per heavy atom. The van der Waals surface area contributed by atoms with Gasteiger partial charge < -0.3 is 4.74 Å². The van der Waals surface area contributed by atoms with Gasteiger partial charge in [0.05, 0.1) is 17.7 Å². The van der Waals surface area contributed by atoms with E-state index in [1.54, 1.807) is 22.6 Å². The van der Waals surface area contributed by atoms with Gasteiger partial charge in [-0.1, -0.05) is 11.6 Å². The van der Waals surface area contributed by atoms with Crippen molar-refractivity contribution in [2.45, 2.75) is 6.43 Å². The molecule has 7 heteroatoms. The minimum atomic E-state index is -2.82. The van der Waals surface area contributed by atoms with Crippen LogP contribution < -0.4 is 0 Å². The molecule has 0 aliphatic carbocycles. The van der Waals surface area contributed by atoms with Gasteiger partial charge in [-0.3, -0.25) is 0 Å². The highest BCUT2D eigenvalue weighted by atomic mass is 127. The third kappa shape index (κ3) is 2.54. The van der Waals surface area contributed by atoms with Crippen molar-refractivity contribution >= 4 is 40.2 Å². The van der Waals surface area contributed by atoms with Gasteiger partial charge in [0.15, 0.2) is 5.69 Å². The molecule has 1 aromatic rings. The number of methoxy groups -OCH3 is 1. The number of rotatable bonds is 2. The standard InChI is InChI=1S/C8H5ClF2INO2/c1-15-8(14)6-4(7(10)11)5(12)3(9)2-13-6/h2,7H,1H3. The van der Waals surface area contributed by atoms with Crippen LogP contribution in [-0.4, -0.2) is 18.1 Å². The lowest BCUT2D eigenvalue weighted by molar-refractivity contribution is 0.0581. The molecule has 1 rings (SSSR count). The molecule has 0 saturated carbocycles. The molecule has 1 heterocycles. The van der Waals surface area contributed by atoms with Gasteiger partial charge in [-0.15, -0.1) is 0 Å². The topological polar surface area (TPSA) is 39.2 Å². The molecular formula is C8H5ClF2INO2. The van der Waals surface area contributed by atoms with E-state index in [0.717, 1.165) is 13.3 Å². The van der Waals surface area contributed by atoms with Crippen molar-refractivity contribution in [1.29, 1.82) is 0 Å². The zero-order chi connectivity index (χ0) is 11.6. The van der Waals surface area contributed by atoms with E-state index in [2.05, 4.69) is 9.72 Å². The van der Waals surface area contributed by atoms with E-state index in [0.29, 0.717) is 0 Å². The van der Waals surface area contributed by atoms with Crippen molar-refractivity contribution in [2.75, 3.05) is 7.11 Å². The Labute approximate surface area is 103 Å². The van der Waals surface area contributed by atoms with Crippen LogP contribution in [0.15, 0.2) is 6.20 Å². The molecule has 0 unspecified atom stereocenters. The van der Waals surface area contributed by atoms with Gasteiger partial charge in [-0.25, -0.2) is 18.6 Å². The third-order valence-electron chi connectivity index (χ3n) is 1.61. The predicted molar refractivity (Wildman–Crippen MR) is 58.3 cm³/mol. The van der Waals surface area contributed by atoms with Crippen LogP contribution in [0.4, 0.5) is 8.78 Å². The third-order valence-corrected chi connectivity index (χ3v) is 3.37. The Balaban J connectivity index is 3.40. The van der Waals surface area contributed by atoms with Gasteiger partial charge in [0.2, 0.25) is 0 Å². The van der Waals surface area contributed by atoms with Crippen molar-refractivity contribution in [2.24, 2.45) is 0 Å². The molecule has 1 aromatic heterocycles. The second-order valence-electron chi connectivity index (χ2n) is 2.47. The number of aromatic nitrogens is 1. The first kappa shape index (κ1) is 12.6. The Bertz CT molecular complexity index is 400. The van der Waals surface area contributed by atoms with Gasteiger partial charge in [0.25, 0.3) is 6.43 Å². The summed E-state index contributed by atoms with van der Waals surface area (Å²) in [6.07, 6.45) is -1.68. The van der Waals surface area contributed by atoms with Crippen molar-refractivity contribution in [1.82, 2.24) is 4.98 Å². The monoisotopic (exact) mass is 347 g/mol. The molecule has 0 spiro atoms. The second-order valence-corrected chi connectivity index (χ2v) is 3.96. The zero-order valence-electron chi connectivity index (χ0n) is 7.43. The van der Waals surface area contributed by atoms with E-state index < -0.39 is 23.7 Å². The van der Waals surface area contributed by atoms with E-state index >= 15 is 0 Å². The number of hydrogen-bond donors (Lipinski definition) is 0. The summed E-state index contributed by atoms with van der Waals surface area (Å²) in [5.74, 6) is -0.903. The number of esters is 1. The second kappa shape index (κ2) is 5.02. The number of halogens is 4. The van der Waals surface area contributed by atoms with Crippen LogP contribution in [0.25, 0.3) is 0 Å². The Morgan fingerprint density at radius 3 is 2.73 bits per heavy atom. The number of carbonyl (C=O) groups is 1. The van der Waals surface area contributed by atoms with Crippen LogP contribution in [0.1, 0.15) is 22.5 Å². The fraction of sp³-hybridized carbons (Fsp3) is 0.250. The average molecular weight is 347 g/mol. The maximum Gasteiger partial charge on any atom is 0.357 e. The summed E-state index contributed by atoms with van der Waals surface area (Å²) >= 11 is 7.26. The quantitative estimate of drug-likeness (QED) is 0.610. The first-order valence-corrected chi connectivity index (χ1v) is 5.15. The number of ether oxygens (including phenoxy) is 1. The molecule has 0 radical (unpaired) electrons. The number of pyridine rings is 1. The molecule has 0 aliphatic heterocycles. The molecule has 0 atom stereocenters. The molecule has 0 saturated heterocycles. The average Bonchev–Trinajstić information content (AvgIpc) is 2.20. The minimum Gasteiger partial charge on any atom is -0.464 e.